The molecule has 6 nitrogen and oxygen atoms in total. The van der Waals surface area contributed by atoms with Crippen molar-refractivity contribution in [3.05, 3.63) is 36.3 Å². The molecule has 0 aliphatic rings. The van der Waals surface area contributed by atoms with Crippen LogP contribution in [0.1, 0.15) is 18.9 Å². The van der Waals surface area contributed by atoms with Gasteiger partial charge in [-0.05, 0) is 24.1 Å². The van der Waals surface area contributed by atoms with Gasteiger partial charge in [-0.2, -0.15) is 10.1 Å². The lowest BCUT2D eigenvalue weighted by atomic mass is 10.3. The van der Waals surface area contributed by atoms with Gasteiger partial charge in [0.1, 0.15) is 5.82 Å². The SMILES string of the molecule is CCCNc1cnnc(NCc2ccncc2)n1. The Bertz CT molecular complexity index is 473. The van der Waals surface area contributed by atoms with E-state index in [1.807, 2.05) is 12.1 Å². The molecule has 0 radical (unpaired) electrons. The summed E-state index contributed by atoms with van der Waals surface area (Å²) in [6.45, 7) is 3.63. The van der Waals surface area contributed by atoms with Gasteiger partial charge in [0.15, 0.2) is 0 Å². The van der Waals surface area contributed by atoms with Crippen molar-refractivity contribution < 1.29 is 0 Å². The van der Waals surface area contributed by atoms with Crippen molar-refractivity contribution >= 4 is 11.8 Å². The molecule has 2 aromatic rings. The highest BCUT2D eigenvalue weighted by Gasteiger charge is 1.99. The van der Waals surface area contributed by atoms with Crippen LogP contribution in [0.5, 0.6) is 0 Å². The van der Waals surface area contributed by atoms with Crippen LogP contribution in [0.3, 0.4) is 0 Å². The van der Waals surface area contributed by atoms with Gasteiger partial charge in [-0.15, -0.1) is 5.10 Å². The summed E-state index contributed by atoms with van der Waals surface area (Å²) in [5.74, 6) is 1.26. The Morgan fingerprint density at radius 2 is 2.00 bits per heavy atom. The van der Waals surface area contributed by atoms with Crippen molar-refractivity contribution in [3.63, 3.8) is 0 Å². The molecular weight excluding hydrogens is 228 g/mol. The summed E-state index contributed by atoms with van der Waals surface area (Å²) in [5.41, 5.74) is 1.13. The van der Waals surface area contributed by atoms with Gasteiger partial charge in [0.25, 0.3) is 0 Å². The maximum absolute atomic E-state index is 4.31. The summed E-state index contributed by atoms with van der Waals surface area (Å²) >= 11 is 0. The van der Waals surface area contributed by atoms with E-state index < -0.39 is 0 Å². The van der Waals surface area contributed by atoms with Crippen molar-refractivity contribution in [3.8, 4) is 0 Å². The number of rotatable bonds is 6. The van der Waals surface area contributed by atoms with E-state index in [2.05, 4.69) is 37.7 Å². The third-order valence-corrected chi connectivity index (χ3v) is 2.31. The molecule has 0 spiro atoms. The van der Waals surface area contributed by atoms with Gasteiger partial charge in [0, 0.05) is 25.5 Å². The summed E-state index contributed by atoms with van der Waals surface area (Å²) in [7, 11) is 0. The smallest absolute Gasteiger partial charge is 0.244 e. The largest absolute Gasteiger partial charge is 0.369 e. The van der Waals surface area contributed by atoms with E-state index >= 15 is 0 Å². The molecule has 0 bridgehead atoms. The minimum Gasteiger partial charge on any atom is -0.369 e. The molecule has 2 heterocycles. The van der Waals surface area contributed by atoms with Crippen LogP contribution in [0.15, 0.2) is 30.7 Å². The summed E-state index contributed by atoms with van der Waals surface area (Å²) in [4.78, 5) is 8.28. The van der Waals surface area contributed by atoms with Crippen LogP contribution in [-0.4, -0.2) is 26.7 Å². The molecule has 2 aromatic heterocycles. The second-order valence-corrected chi connectivity index (χ2v) is 3.80. The van der Waals surface area contributed by atoms with E-state index in [1.54, 1.807) is 18.6 Å². The average molecular weight is 244 g/mol. The number of anilines is 2. The summed E-state index contributed by atoms with van der Waals surface area (Å²) in [6.07, 6.45) is 6.18. The molecule has 2 rings (SSSR count). The molecule has 18 heavy (non-hydrogen) atoms. The van der Waals surface area contributed by atoms with Gasteiger partial charge in [0.05, 0.1) is 6.20 Å². The molecule has 0 unspecified atom stereocenters. The van der Waals surface area contributed by atoms with Crippen molar-refractivity contribution in [2.45, 2.75) is 19.9 Å². The van der Waals surface area contributed by atoms with E-state index in [0.717, 1.165) is 24.3 Å². The Labute approximate surface area is 106 Å². The number of aromatic nitrogens is 4. The fourth-order valence-electron chi connectivity index (χ4n) is 1.40. The van der Waals surface area contributed by atoms with Crippen LogP contribution in [0.2, 0.25) is 0 Å². The third kappa shape index (κ3) is 3.65. The lowest BCUT2D eigenvalue weighted by molar-refractivity contribution is 0.919. The van der Waals surface area contributed by atoms with Crippen molar-refractivity contribution in [2.75, 3.05) is 17.2 Å². The van der Waals surface area contributed by atoms with Crippen molar-refractivity contribution in [1.82, 2.24) is 20.2 Å². The normalized spacial score (nSPS) is 10.1. The standard InChI is InChI=1S/C12H16N6/c1-2-5-14-11-9-16-18-12(17-11)15-8-10-3-6-13-7-4-10/h3-4,6-7,9H,2,5,8H2,1H3,(H2,14,15,17,18). The lowest BCUT2D eigenvalue weighted by Crippen LogP contribution is -2.08. The van der Waals surface area contributed by atoms with Crippen molar-refractivity contribution in [2.24, 2.45) is 0 Å². The highest BCUT2D eigenvalue weighted by Crippen LogP contribution is 2.05. The Balaban J connectivity index is 1.93. The minimum absolute atomic E-state index is 0.521. The van der Waals surface area contributed by atoms with E-state index in [4.69, 9.17) is 0 Å². The van der Waals surface area contributed by atoms with Gasteiger partial charge >= 0.3 is 0 Å². The first-order valence-corrected chi connectivity index (χ1v) is 5.95. The van der Waals surface area contributed by atoms with Gasteiger partial charge in [-0.1, -0.05) is 6.92 Å². The van der Waals surface area contributed by atoms with E-state index in [1.165, 1.54) is 0 Å². The summed E-state index contributed by atoms with van der Waals surface area (Å²) in [6, 6.07) is 3.89. The zero-order valence-corrected chi connectivity index (χ0v) is 10.3. The monoisotopic (exact) mass is 244 g/mol. The molecule has 0 saturated heterocycles. The van der Waals surface area contributed by atoms with Gasteiger partial charge in [-0.3, -0.25) is 4.98 Å². The topological polar surface area (TPSA) is 75.6 Å². The molecule has 0 aliphatic heterocycles. The quantitative estimate of drug-likeness (QED) is 0.805. The predicted molar refractivity (Wildman–Crippen MR) is 70.2 cm³/mol. The fraction of sp³-hybridized carbons (Fsp3) is 0.333. The first-order valence-electron chi connectivity index (χ1n) is 5.95. The maximum atomic E-state index is 4.31. The van der Waals surface area contributed by atoms with Crippen LogP contribution >= 0.6 is 0 Å². The van der Waals surface area contributed by atoms with Crippen LogP contribution in [0.25, 0.3) is 0 Å². The molecule has 0 fully saturated rings. The van der Waals surface area contributed by atoms with E-state index in [-0.39, 0.29) is 0 Å². The van der Waals surface area contributed by atoms with E-state index in [0.29, 0.717) is 12.5 Å². The number of hydrogen-bond donors (Lipinski definition) is 2. The molecule has 0 aromatic carbocycles. The van der Waals surface area contributed by atoms with Crippen LogP contribution in [0.4, 0.5) is 11.8 Å². The van der Waals surface area contributed by atoms with Crippen LogP contribution < -0.4 is 10.6 Å². The maximum Gasteiger partial charge on any atom is 0.244 e. The lowest BCUT2D eigenvalue weighted by Gasteiger charge is -2.06. The number of nitrogens with zero attached hydrogens (tertiary/aromatic N) is 4. The predicted octanol–water partition coefficient (Wildman–Crippen LogP) is 1.70. The van der Waals surface area contributed by atoms with Crippen molar-refractivity contribution in [1.29, 1.82) is 0 Å². The zero-order valence-electron chi connectivity index (χ0n) is 10.3. The number of nitrogens with one attached hydrogen (secondary N) is 2. The molecule has 0 aliphatic carbocycles. The molecule has 0 amide bonds. The third-order valence-electron chi connectivity index (χ3n) is 2.31. The minimum atomic E-state index is 0.521. The first-order chi connectivity index (χ1) is 8.88. The Kier molecular flexibility index (Phi) is 4.40. The second-order valence-electron chi connectivity index (χ2n) is 3.80. The second kappa shape index (κ2) is 6.48. The average Bonchev–Trinajstić information content (AvgIpc) is 2.44. The fourth-order valence-corrected chi connectivity index (χ4v) is 1.40. The van der Waals surface area contributed by atoms with E-state index in [9.17, 15) is 0 Å². The first kappa shape index (κ1) is 12.2. The number of pyridine rings is 1. The molecule has 6 heteroatoms. The highest BCUT2D eigenvalue weighted by molar-refractivity contribution is 5.37. The van der Waals surface area contributed by atoms with Gasteiger partial charge in [-0.25, -0.2) is 0 Å². The Hall–Kier alpha value is -2.24. The van der Waals surface area contributed by atoms with Gasteiger partial charge < -0.3 is 10.6 Å². The zero-order chi connectivity index (χ0) is 12.6. The summed E-state index contributed by atoms with van der Waals surface area (Å²) < 4.78 is 0. The molecule has 94 valence electrons. The Morgan fingerprint density at radius 3 is 2.78 bits per heavy atom. The molecular formula is C12H16N6. The number of hydrogen-bond acceptors (Lipinski definition) is 6. The molecule has 0 atom stereocenters. The summed E-state index contributed by atoms with van der Waals surface area (Å²) in [5, 5.41) is 14.1. The van der Waals surface area contributed by atoms with Crippen LogP contribution in [-0.2, 0) is 6.54 Å². The Morgan fingerprint density at radius 1 is 1.17 bits per heavy atom. The molecule has 0 saturated carbocycles. The highest BCUT2D eigenvalue weighted by atomic mass is 15.3. The molecule has 2 N–H and O–H groups in total. The van der Waals surface area contributed by atoms with Gasteiger partial charge in [0.2, 0.25) is 5.95 Å². The van der Waals surface area contributed by atoms with Crippen LogP contribution in [0, 0.1) is 0 Å².